The summed E-state index contributed by atoms with van der Waals surface area (Å²) >= 11 is 0. The van der Waals surface area contributed by atoms with Crippen LogP contribution >= 0.6 is 0 Å². The first-order valence-corrected chi connectivity index (χ1v) is 7.31. The van der Waals surface area contributed by atoms with E-state index >= 15 is 0 Å². The normalized spacial score (nSPS) is 12.7. The van der Waals surface area contributed by atoms with Gasteiger partial charge in [0.1, 0.15) is 0 Å². The smallest absolute Gasteiger partial charge is 0.0941 e. The van der Waals surface area contributed by atoms with E-state index < -0.39 is 0 Å². The molecule has 0 heterocycles. The van der Waals surface area contributed by atoms with Crippen LogP contribution in [0.5, 0.6) is 0 Å². The molecule has 0 unspecified atom stereocenters. The summed E-state index contributed by atoms with van der Waals surface area (Å²) in [6, 6.07) is 8.27. The molecule has 0 bridgehead atoms. The van der Waals surface area contributed by atoms with Crippen LogP contribution in [0.2, 0.25) is 0 Å². The molecule has 0 aliphatic heterocycles. The Kier molecular flexibility index (Phi) is 7.40. The molecule has 110 valence electrons. The third-order valence-electron chi connectivity index (χ3n) is 2.93. The van der Waals surface area contributed by atoms with Crippen molar-refractivity contribution < 1.29 is 0 Å². The zero-order valence-corrected chi connectivity index (χ0v) is 12.6. The zero-order valence-electron chi connectivity index (χ0n) is 12.6. The quantitative estimate of drug-likeness (QED) is 0.564. The van der Waals surface area contributed by atoms with Gasteiger partial charge in [-0.25, -0.2) is 0 Å². The third-order valence-corrected chi connectivity index (χ3v) is 2.93. The molecule has 0 spiro atoms. The maximum atomic E-state index is 5.81. The van der Waals surface area contributed by atoms with Crippen LogP contribution in [-0.4, -0.2) is 11.7 Å². The number of aliphatic imine (C=N–C) groups is 2. The van der Waals surface area contributed by atoms with Crippen molar-refractivity contribution in [2.75, 3.05) is 0 Å². The first kappa shape index (κ1) is 16.2. The number of amidine groups is 2. The van der Waals surface area contributed by atoms with Gasteiger partial charge in [-0.15, -0.1) is 0 Å². The number of hydrogen-bond donors (Lipinski definition) is 2. The van der Waals surface area contributed by atoms with E-state index in [1.54, 1.807) is 0 Å². The molecule has 0 saturated carbocycles. The number of hydrogen-bond acceptors (Lipinski definition) is 2. The van der Waals surface area contributed by atoms with E-state index in [-0.39, 0.29) is 0 Å². The van der Waals surface area contributed by atoms with Crippen LogP contribution in [0.3, 0.4) is 0 Å². The lowest BCUT2D eigenvalue weighted by Gasteiger charge is -2.03. The van der Waals surface area contributed by atoms with Crippen molar-refractivity contribution in [1.29, 1.82) is 0 Å². The van der Waals surface area contributed by atoms with Crippen molar-refractivity contribution in [3.8, 4) is 0 Å². The molecule has 4 N–H and O–H groups in total. The molecule has 0 aliphatic rings. The SMILES string of the molecule is CCCC(N)=NCc1cccc(CN=C(N)CCC)c1. The minimum atomic E-state index is 0.633. The minimum Gasteiger partial charge on any atom is -0.387 e. The Bertz CT molecular complexity index is 424. The second kappa shape index (κ2) is 9.13. The molecule has 4 nitrogen and oxygen atoms in total. The van der Waals surface area contributed by atoms with Crippen LogP contribution in [0.4, 0.5) is 0 Å². The van der Waals surface area contributed by atoms with Gasteiger partial charge in [-0.05, 0) is 24.0 Å². The van der Waals surface area contributed by atoms with Crippen molar-refractivity contribution in [3.05, 3.63) is 35.4 Å². The molecular weight excluding hydrogens is 248 g/mol. The summed E-state index contributed by atoms with van der Waals surface area (Å²) < 4.78 is 0. The number of nitrogens with two attached hydrogens (primary N) is 2. The second-order valence-electron chi connectivity index (χ2n) is 4.94. The van der Waals surface area contributed by atoms with Gasteiger partial charge in [0, 0.05) is 12.8 Å². The Morgan fingerprint density at radius 1 is 0.900 bits per heavy atom. The summed E-state index contributed by atoms with van der Waals surface area (Å²) in [6.07, 6.45) is 3.77. The van der Waals surface area contributed by atoms with E-state index in [2.05, 4.69) is 42.0 Å². The van der Waals surface area contributed by atoms with Gasteiger partial charge in [-0.2, -0.15) is 0 Å². The highest BCUT2D eigenvalue weighted by atomic mass is 14.9. The topological polar surface area (TPSA) is 76.8 Å². The van der Waals surface area contributed by atoms with Gasteiger partial charge < -0.3 is 11.5 Å². The Labute approximate surface area is 122 Å². The molecule has 0 saturated heterocycles. The third kappa shape index (κ3) is 6.36. The van der Waals surface area contributed by atoms with E-state index in [1.807, 2.05) is 6.07 Å². The average Bonchev–Trinajstić information content (AvgIpc) is 2.44. The average molecular weight is 274 g/mol. The molecule has 0 radical (unpaired) electrons. The Hall–Kier alpha value is -1.84. The van der Waals surface area contributed by atoms with Crippen LogP contribution in [0.1, 0.15) is 50.7 Å². The van der Waals surface area contributed by atoms with E-state index in [0.717, 1.165) is 48.5 Å². The van der Waals surface area contributed by atoms with Gasteiger partial charge in [-0.3, -0.25) is 9.98 Å². The molecule has 20 heavy (non-hydrogen) atoms. The molecular formula is C16H26N4. The van der Waals surface area contributed by atoms with Gasteiger partial charge in [0.05, 0.1) is 24.8 Å². The lowest BCUT2D eigenvalue weighted by molar-refractivity contribution is 0.944. The summed E-state index contributed by atoms with van der Waals surface area (Å²) in [6.45, 7) is 5.46. The van der Waals surface area contributed by atoms with E-state index in [4.69, 9.17) is 11.5 Å². The van der Waals surface area contributed by atoms with Crippen molar-refractivity contribution in [3.63, 3.8) is 0 Å². The first-order valence-electron chi connectivity index (χ1n) is 7.31. The fraction of sp³-hybridized carbons (Fsp3) is 0.500. The van der Waals surface area contributed by atoms with Crippen molar-refractivity contribution >= 4 is 11.7 Å². The minimum absolute atomic E-state index is 0.633. The van der Waals surface area contributed by atoms with Crippen molar-refractivity contribution in [2.45, 2.75) is 52.6 Å². The Balaban J connectivity index is 2.62. The summed E-state index contributed by atoms with van der Waals surface area (Å²) in [5.74, 6) is 1.45. The standard InChI is InChI=1S/C16H26N4/c1-3-6-15(17)19-11-13-8-5-9-14(10-13)12-20-16(18)7-4-2/h5,8-10H,3-4,6-7,11-12H2,1-2H3,(H2,17,19)(H2,18,20). The molecule has 0 aliphatic carbocycles. The Morgan fingerprint density at radius 3 is 1.75 bits per heavy atom. The second-order valence-corrected chi connectivity index (χ2v) is 4.94. The van der Waals surface area contributed by atoms with Crippen molar-refractivity contribution in [2.24, 2.45) is 21.5 Å². The molecule has 1 rings (SSSR count). The van der Waals surface area contributed by atoms with Crippen LogP contribution in [-0.2, 0) is 13.1 Å². The molecule has 4 heteroatoms. The van der Waals surface area contributed by atoms with Gasteiger partial charge in [0.25, 0.3) is 0 Å². The molecule has 1 aromatic carbocycles. The molecule has 0 amide bonds. The maximum absolute atomic E-state index is 5.81. The predicted molar refractivity (Wildman–Crippen MR) is 86.9 cm³/mol. The van der Waals surface area contributed by atoms with Crippen LogP contribution < -0.4 is 11.5 Å². The lowest BCUT2D eigenvalue weighted by Crippen LogP contribution is -2.11. The molecule has 0 fully saturated rings. The number of nitrogens with zero attached hydrogens (tertiary/aromatic N) is 2. The summed E-state index contributed by atoms with van der Waals surface area (Å²) in [7, 11) is 0. The predicted octanol–water partition coefficient (Wildman–Crippen LogP) is 3.00. The number of benzene rings is 1. The summed E-state index contributed by atoms with van der Waals surface area (Å²) in [5.41, 5.74) is 13.9. The molecule has 0 aromatic heterocycles. The highest BCUT2D eigenvalue weighted by molar-refractivity contribution is 5.80. The first-order chi connectivity index (χ1) is 9.65. The Morgan fingerprint density at radius 2 is 1.35 bits per heavy atom. The van der Waals surface area contributed by atoms with E-state index in [0.29, 0.717) is 13.1 Å². The maximum Gasteiger partial charge on any atom is 0.0941 e. The van der Waals surface area contributed by atoms with Gasteiger partial charge >= 0.3 is 0 Å². The molecule has 0 atom stereocenters. The van der Waals surface area contributed by atoms with Crippen LogP contribution in [0, 0.1) is 0 Å². The number of rotatable bonds is 8. The van der Waals surface area contributed by atoms with E-state index in [1.165, 1.54) is 0 Å². The van der Waals surface area contributed by atoms with E-state index in [9.17, 15) is 0 Å². The fourth-order valence-electron chi connectivity index (χ4n) is 1.88. The van der Waals surface area contributed by atoms with Gasteiger partial charge in [0.2, 0.25) is 0 Å². The summed E-state index contributed by atoms with van der Waals surface area (Å²) in [4.78, 5) is 8.77. The van der Waals surface area contributed by atoms with Crippen LogP contribution in [0.15, 0.2) is 34.3 Å². The van der Waals surface area contributed by atoms with Gasteiger partial charge in [0.15, 0.2) is 0 Å². The van der Waals surface area contributed by atoms with Crippen molar-refractivity contribution in [1.82, 2.24) is 0 Å². The summed E-state index contributed by atoms with van der Waals surface area (Å²) in [5, 5.41) is 0. The highest BCUT2D eigenvalue weighted by Gasteiger charge is 1.97. The van der Waals surface area contributed by atoms with Crippen LogP contribution in [0.25, 0.3) is 0 Å². The molecule has 1 aromatic rings. The largest absolute Gasteiger partial charge is 0.387 e. The lowest BCUT2D eigenvalue weighted by atomic mass is 10.1. The fourth-order valence-corrected chi connectivity index (χ4v) is 1.88. The zero-order chi connectivity index (χ0) is 14.8. The highest BCUT2D eigenvalue weighted by Crippen LogP contribution is 2.08. The monoisotopic (exact) mass is 274 g/mol. The van der Waals surface area contributed by atoms with Gasteiger partial charge in [-0.1, -0.05) is 38.1 Å².